The molecule has 26 heavy (non-hydrogen) atoms. The second-order valence-corrected chi connectivity index (χ2v) is 7.98. The van der Waals surface area contributed by atoms with Crippen molar-refractivity contribution in [2.24, 2.45) is 11.7 Å². The van der Waals surface area contributed by atoms with Gasteiger partial charge >= 0.3 is 6.18 Å². The van der Waals surface area contributed by atoms with Gasteiger partial charge in [0.25, 0.3) is 5.69 Å². The van der Waals surface area contributed by atoms with E-state index in [0.717, 1.165) is 38.2 Å². The molecule has 0 aliphatic heterocycles. The average molecular weight is 395 g/mol. The van der Waals surface area contributed by atoms with Gasteiger partial charge in [0.05, 0.1) is 15.4 Å². The van der Waals surface area contributed by atoms with Crippen LogP contribution in [-0.4, -0.2) is 25.9 Å². The number of nitrogens with two attached hydrogens (primary N) is 1. The second kappa shape index (κ2) is 7.89. The molecule has 146 valence electrons. The van der Waals surface area contributed by atoms with Crippen LogP contribution < -0.4 is 10.5 Å². The molecule has 0 aromatic heterocycles. The van der Waals surface area contributed by atoms with Crippen molar-refractivity contribution in [2.75, 3.05) is 6.54 Å². The molecule has 0 saturated heterocycles. The summed E-state index contributed by atoms with van der Waals surface area (Å²) in [5.74, 6) is -0.0455. The van der Waals surface area contributed by atoms with Gasteiger partial charge in [0.1, 0.15) is 0 Å². The zero-order valence-corrected chi connectivity index (χ0v) is 14.6. The SMILES string of the molecule is NCC(NS(=O)(=O)c1ccc([N+](=O)[O-])cc1C(F)(F)F)C1CCCCC1. The van der Waals surface area contributed by atoms with Crippen LogP contribution in [0.1, 0.15) is 37.7 Å². The number of non-ortho nitro benzene ring substituents is 1. The Morgan fingerprint density at radius 2 is 1.88 bits per heavy atom. The maximum Gasteiger partial charge on any atom is 0.417 e. The summed E-state index contributed by atoms with van der Waals surface area (Å²) >= 11 is 0. The van der Waals surface area contributed by atoms with Crippen molar-refractivity contribution in [3.63, 3.8) is 0 Å². The zero-order valence-electron chi connectivity index (χ0n) is 13.8. The highest BCUT2D eigenvalue weighted by atomic mass is 32.2. The predicted molar refractivity (Wildman–Crippen MR) is 87.8 cm³/mol. The summed E-state index contributed by atoms with van der Waals surface area (Å²) in [7, 11) is -4.55. The zero-order chi connectivity index (χ0) is 19.5. The van der Waals surface area contributed by atoms with E-state index in [0.29, 0.717) is 6.07 Å². The average Bonchev–Trinajstić information content (AvgIpc) is 2.59. The molecule has 1 fully saturated rings. The van der Waals surface area contributed by atoms with Crippen LogP contribution >= 0.6 is 0 Å². The number of nitrogens with one attached hydrogen (secondary N) is 1. The third kappa shape index (κ3) is 4.71. The van der Waals surface area contributed by atoms with Gasteiger partial charge in [-0.3, -0.25) is 10.1 Å². The van der Waals surface area contributed by atoms with Gasteiger partial charge in [-0.15, -0.1) is 0 Å². The number of halogens is 3. The molecular formula is C15H20F3N3O4S. The van der Waals surface area contributed by atoms with Gasteiger partial charge in [-0.1, -0.05) is 19.3 Å². The topological polar surface area (TPSA) is 115 Å². The minimum atomic E-state index is -5.06. The Bertz CT molecular complexity index is 762. The van der Waals surface area contributed by atoms with E-state index in [4.69, 9.17) is 5.73 Å². The van der Waals surface area contributed by atoms with E-state index >= 15 is 0 Å². The van der Waals surface area contributed by atoms with E-state index in [1.54, 1.807) is 0 Å². The molecule has 1 unspecified atom stereocenters. The summed E-state index contributed by atoms with van der Waals surface area (Å²) in [6, 6.07) is 0.892. The van der Waals surface area contributed by atoms with Crippen molar-refractivity contribution >= 4 is 15.7 Å². The number of rotatable bonds is 6. The molecule has 0 bridgehead atoms. The van der Waals surface area contributed by atoms with Crippen LogP contribution in [0.15, 0.2) is 23.1 Å². The van der Waals surface area contributed by atoms with Gasteiger partial charge < -0.3 is 5.73 Å². The van der Waals surface area contributed by atoms with Gasteiger partial charge in [-0.05, 0) is 24.8 Å². The molecule has 2 rings (SSSR count). The molecule has 0 spiro atoms. The number of benzene rings is 1. The molecule has 7 nitrogen and oxygen atoms in total. The highest BCUT2D eigenvalue weighted by Gasteiger charge is 2.39. The Labute approximate surface area is 149 Å². The number of nitro groups is 1. The summed E-state index contributed by atoms with van der Waals surface area (Å²) in [5.41, 5.74) is 3.23. The van der Waals surface area contributed by atoms with Crippen LogP contribution in [0.2, 0.25) is 0 Å². The predicted octanol–water partition coefficient (Wildman–Crippen LogP) is 2.80. The smallest absolute Gasteiger partial charge is 0.329 e. The molecular weight excluding hydrogens is 375 g/mol. The van der Waals surface area contributed by atoms with E-state index in [-0.39, 0.29) is 18.5 Å². The lowest BCUT2D eigenvalue weighted by molar-refractivity contribution is -0.385. The molecule has 3 N–H and O–H groups in total. The lowest BCUT2D eigenvalue weighted by Gasteiger charge is -2.30. The highest BCUT2D eigenvalue weighted by molar-refractivity contribution is 7.89. The lowest BCUT2D eigenvalue weighted by Crippen LogP contribution is -2.46. The highest BCUT2D eigenvalue weighted by Crippen LogP contribution is 2.37. The van der Waals surface area contributed by atoms with Crippen LogP contribution in [0.25, 0.3) is 0 Å². The fourth-order valence-corrected chi connectivity index (χ4v) is 4.75. The summed E-state index contributed by atoms with van der Waals surface area (Å²) in [6.07, 6.45) is -0.712. The second-order valence-electron chi connectivity index (χ2n) is 6.30. The van der Waals surface area contributed by atoms with E-state index in [1.807, 2.05) is 0 Å². The van der Waals surface area contributed by atoms with Crippen LogP contribution in [0, 0.1) is 16.0 Å². The number of hydrogen-bond acceptors (Lipinski definition) is 5. The third-order valence-electron chi connectivity index (χ3n) is 4.55. The Morgan fingerprint density at radius 3 is 2.38 bits per heavy atom. The molecule has 0 radical (unpaired) electrons. The van der Waals surface area contributed by atoms with Crippen molar-refractivity contribution in [1.82, 2.24) is 4.72 Å². The quantitative estimate of drug-likeness (QED) is 0.568. The van der Waals surface area contributed by atoms with Gasteiger partial charge in [-0.25, -0.2) is 13.1 Å². The Kier molecular flexibility index (Phi) is 6.25. The first-order chi connectivity index (χ1) is 12.1. The van der Waals surface area contributed by atoms with Crippen molar-refractivity contribution in [2.45, 2.75) is 49.2 Å². The molecule has 1 atom stereocenters. The number of alkyl halides is 3. The van der Waals surface area contributed by atoms with Crippen molar-refractivity contribution in [3.8, 4) is 0 Å². The fraction of sp³-hybridized carbons (Fsp3) is 0.600. The Hall–Kier alpha value is -1.72. The normalized spacial score (nSPS) is 17.8. The molecule has 1 aromatic rings. The maximum absolute atomic E-state index is 13.3. The molecule has 0 heterocycles. The standard InChI is InChI=1S/C15H20F3N3O4S/c16-15(17,18)12-8-11(21(22)23)6-7-14(12)26(24,25)20-13(9-19)10-4-2-1-3-5-10/h6-8,10,13,20H,1-5,9,19H2. The van der Waals surface area contributed by atoms with E-state index in [1.165, 1.54) is 0 Å². The first-order valence-corrected chi connectivity index (χ1v) is 9.62. The fourth-order valence-electron chi connectivity index (χ4n) is 3.22. The van der Waals surface area contributed by atoms with E-state index in [2.05, 4.69) is 4.72 Å². The van der Waals surface area contributed by atoms with E-state index < -0.39 is 43.3 Å². The van der Waals surface area contributed by atoms with Crippen molar-refractivity contribution in [1.29, 1.82) is 0 Å². The van der Waals surface area contributed by atoms with Crippen LogP contribution in [0.3, 0.4) is 0 Å². The molecule has 0 amide bonds. The van der Waals surface area contributed by atoms with Crippen LogP contribution in [0.5, 0.6) is 0 Å². The van der Waals surface area contributed by atoms with Gasteiger partial charge in [-0.2, -0.15) is 13.2 Å². The monoisotopic (exact) mass is 395 g/mol. The summed E-state index contributed by atoms with van der Waals surface area (Å²) in [4.78, 5) is 8.68. The summed E-state index contributed by atoms with van der Waals surface area (Å²) in [5, 5.41) is 10.7. The van der Waals surface area contributed by atoms with Crippen molar-refractivity contribution in [3.05, 3.63) is 33.9 Å². The molecule has 1 aromatic carbocycles. The summed E-state index contributed by atoms with van der Waals surface area (Å²) < 4.78 is 67.1. The van der Waals surface area contributed by atoms with E-state index in [9.17, 15) is 31.7 Å². The minimum Gasteiger partial charge on any atom is -0.329 e. The third-order valence-corrected chi connectivity index (χ3v) is 6.10. The van der Waals surface area contributed by atoms with Gasteiger partial charge in [0.15, 0.2) is 0 Å². The molecule has 1 aliphatic rings. The molecule has 1 saturated carbocycles. The first kappa shape index (κ1) is 20.6. The number of nitro benzene ring substituents is 1. The van der Waals surface area contributed by atoms with Crippen LogP contribution in [0.4, 0.5) is 18.9 Å². The molecule has 1 aliphatic carbocycles. The summed E-state index contributed by atoms with van der Waals surface area (Å²) in [6.45, 7) is -0.0434. The van der Waals surface area contributed by atoms with Gasteiger partial charge in [0.2, 0.25) is 10.0 Å². The Morgan fingerprint density at radius 1 is 1.27 bits per heavy atom. The number of sulfonamides is 1. The number of nitrogens with zero attached hydrogens (tertiary/aromatic N) is 1. The minimum absolute atomic E-state index is 0.0434. The lowest BCUT2D eigenvalue weighted by atomic mass is 9.84. The van der Waals surface area contributed by atoms with Crippen molar-refractivity contribution < 1.29 is 26.5 Å². The first-order valence-electron chi connectivity index (χ1n) is 8.14. The molecule has 11 heteroatoms. The number of hydrogen-bond donors (Lipinski definition) is 2. The largest absolute Gasteiger partial charge is 0.417 e. The van der Waals surface area contributed by atoms with Gasteiger partial charge in [0, 0.05) is 24.7 Å². The van der Waals surface area contributed by atoms with Crippen LogP contribution in [-0.2, 0) is 16.2 Å². The Balaban J connectivity index is 2.39. The maximum atomic E-state index is 13.3.